The van der Waals surface area contributed by atoms with Gasteiger partial charge in [-0.3, -0.25) is 9.52 Å². The first kappa shape index (κ1) is 26.4. The maximum atomic E-state index is 13.7. The molecule has 2 N–H and O–H groups in total. The summed E-state index contributed by atoms with van der Waals surface area (Å²) in [6.45, 7) is 3.43. The van der Waals surface area contributed by atoms with Gasteiger partial charge in [0.05, 0.1) is 23.8 Å². The minimum Gasteiger partial charge on any atom is -0.469 e. The molecule has 0 bridgehead atoms. The van der Waals surface area contributed by atoms with Crippen LogP contribution in [0.5, 0.6) is 0 Å². The number of pyridine rings is 2. The molecule has 1 aliphatic rings. The minimum absolute atomic E-state index is 0.101. The van der Waals surface area contributed by atoms with Gasteiger partial charge in [0.2, 0.25) is 0 Å². The van der Waals surface area contributed by atoms with E-state index in [4.69, 9.17) is 4.74 Å². The lowest BCUT2D eigenvalue weighted by atomic mass is 9.67. The Bertz CT molecular complexity index is 1440. The van der Waals surface area contributed by atoms with Gasteiger partial charge < -0.3 is 10.1 Å². The molecule has 0 atom stereocenters. The van der Waals surface area contributed by atoms with Crippen molar-refractivity contribution in [2.45, 2.75) is 43.9 Å². The number of carbonyl (C=O) groups is 1. The van der Waals surface area contributed by atoms with Crippen LogP contribution in [-0.4, -0.2) is 37.5 Å². The summed E-state index contributed by atoms with van der Waals surface area (Å²) in [5.41, 5.74) is -1.18. The molecule has 8 nitrogen and oxygen atoms in total. The van der Waals surface area contributed by atoms with Crippen molar-refractivity contribution in [3.63, 3.8) is 0 Å². The third-order valence-corrected chi connectivity index (χ3v) is 7.52. The van der Waals surface area contributed by atoms with Crippen molar-refractivity contribution in [2.24, 2.45) is 5.41 Å². The zero-order valence-corrected chi connectivity index (χ0v) is 21.1. The van der Waals surface area contributed by atoms with Crippen molar-refractivity contribution >= 4 is 27.6 Å². The smallest absolute Gasteiger partial charge is 0.418 e. The van der Waals surface area contributed by atoms with Crippen molar-refractivity contribution in [3.8, 4) is 11.3 Å². The summed E-state index contributed by atoms with van der Waals surface area (Å²) in [6, 6.07) is 12.4. The van der Waals surface area contributed by atoms with Crippen molar-refractivity contribution < 1.29 is 31.1 Å². The van der Waals surface area contributed by atoms with Gasteiger partial charge in [-0.25, -0.2) is 9.97 Å². The number of rotatable bonds is 7. The Morgan fingerprint density at radius 3 is 2.38 bits per heavy atom. The topological polar surface area (TPSA) is 110 Å². The zero-order chi connectivity index (χ0) is 27.0. The van der Waals surface area contributed by atoms with Gasteiger partial charge in [-0.2, -0.15) is 21.6 Å². The number of hydrogen-bond donors (Lipinski definition) is 2. The highest BCUT2D eigenvalue weighted by atomic mass is 32.2. The Labute approximate surface area is 212 Å². The highest BCUT2D eigenvalue weighted by molar-refractivity contribution is 7.92. The second-order valence-corrected chi connectivity index (χ2v) is 10.8. The highest BCUT2D eigenvalue weighted by Gasteiger charge is 2.47. The van der Waals surface area contributed by atoms with Gasteiger partial charge in [0.15, 0.2) is 5.03 Å². The maximum Gasteiger partial charge on any atom is 0.418 e. The van der Waals surface area contributed by atoms with E-state index in [0.29, 0.717) is 18.4 Å². The van der Waals surface area contributed by atoms with Gasteiger partial charge in [0, 0.05) is 11.6 Å². The van der Waals surface area contributed by atoms with Gasteiger partial charge in [0.25, 0.3) is 10.0 Å². The predicted molar refractivity (Wildman–Crippen MR) is 131 cm³/mol. The van der Waals surface area contributed by atoms with Crippen LogP contribution >= 0.6 is 0 Å². The Kier molecular flexibility index (Phi) is 6.89. The number of carbonyl (C=O) groups excluding carboxylic acids is 1. The second kappa shape index (κ2) is 9.66. The summed E-state index contributed by atoms with van der Waals surface area (Å²) >= 11 is 0. The van der Waals surface area contributed by atoms with E-state index in [9.17, 15) is 26.4 Å². The molecule has 2 aromatic heterocycles. The average molecular weight is 535 g/mol. The van der Waals surface area contributed by atoms with Gasteiger partial charge in [0.1, 0.15) is 11.6 Å². The molecule has 196 valence electrons. The first-order valence-corrected chi connectivity index (χ1v) is 12.8. The van der Waals surface area contributed by atoms with E-state index in [0.717, 1.165) is 12.1 Å². The molecule has 0 unspecified atom stereocenters. The van der Waals surface area contributed by atoms with E-state index in [2.05, 4.69) is 20.0 Å². The number of hydrogen-bond acceptors (Lipinski definition) is 7. The van der Waals surface area contributed by atoms with Crippen molar-refractivity contribution in [3.05, 3.63) is 65.7 Å². The molecular formula is C25H25F3N4O4S. The molecule has 2 heterocycles. The molecule has 0 amide bonds. The quantitative estimate of drug-likeness (QED) is 0.409. The molecule has 0 radical (unpaired) electrons. The number of ether oxygens (including phenoxy) is 1. The number of nitrogens with zero attached hydrogens (tertiary/aromatic N) is 2. The Morgan fingerprint density at radius 1 is 1.03 bits per heavy atom. The van der Waals surface area contributed by atoms with Crippen LogP contribution < -0.4 is 10.0 Å². The third-order valence-electron chi connectivity index (χ3n) is 6.26. The fourth-order valence-electron chi connectivity index (χ4n) is 4.38. The SMILES string of the molecule is COC(=O)C1(C)CC(Nc2cccc(S(=O)(=O)Nc3ccc(C(F)(F)F)c(-c4ccccc4C)n3)n2)C1. The fourth-order valence-corrected chi connectivity index (χ4v) is 5.35. The molecule has 1 aliphatic carbocycles. The molecule has 1 fully saturated rings. The van der Waals surface area contributed by atoms with E-state index >= 15 is 0 Å². The van der Waals surface area contributed by atoms with E-state index in [1.54, 1.807) is 38.1 Å². The van der Waals surface area contributed by atoms with Crippen molar-refractivity contribution in [2.75, 3.05) is 17.1 Å². The Morgan fingerprint density at radius 2 is 1.73 bits per heavy atom. The summed E-state index contributed by atoms with van der Waals surface area (Å²) in [6.07, 6.45) is -3.70. The standard InChI is InChI=1S/C25H25F3N4O4S/c1-15-7-4-5-8-17(15)22-18(25(26,27)28)11-12-20(31-22)32-37(34,35)21-10-6-9-19(30-21)29-16-13-24(2,14-16)23(33)36-3/h4-12,16H,13-14H2,1-3H3,(H,29,30)(H,31,32). The van der Waals surface area contributed by atoms with Crippen LogP contribution in [0.3, 0.4) is 0 Å². The maximum absolute atomic E-state index is 13.7. The van der Waals surface area contributed by atoms with Crippen LogP contribution in [-0.2, 0) is 25.7 Å². The van der Waals surface area contributed by atoms with E-state index < -0.39 is 27.2 Å². The van der Waals surface area contributed by atoms with E-state index in [1.165, 1.54) is 25.3 Å². The van der Waals surface area contributed by atoms with Gasteiger partial charge in [-0.05, 0) is 56.5 Å². The molecule has 0 spiro atoms. The first-order valence-electron chi connectivity index (χ1n) is 11.3. The van der Waals surface area contributed by atoms with Crippen molar-refractivity contribution in [1.29, 1.82) is 0 Å². The summed E-state index contributed by atoms with van der Waals surface area (Å²) in [4.78, 5) is 20.0. The van der Waals surface area contributed by atoms with E-state index in [1.807, 2.05) is 0 Å². The molecule has 12 heteroatoms. The molecular weight excluding hydrogens is 509 g/mol. The zero-order valence-electron chi connectivity index (χ0n) is 20.3. The average Bonchev–Trinajstić information content (AvgIpc) is 2.82. The van der Waals surface area contributed by atoms with Crippen LogP contribution in [0.15, 0.2) is 59.6 Å². The third kappa shape index (κ3) is 5.53. The van der Waals surface area contributed by atoms with Crippen LogP contribution in [0.4, 0.5) is 24.8 Å². The van der Waals surface area contributed by atoms with Gasteiger partial charge >= 0.3 is 12.1 Å². The summed E-state index contributed by atoms with van der Waals surface area (Å²) in [7, 11) is -2.95. The number of esters is 1. The minimum atomic E-state index is -4.69. The number of aryl methyl sites for hydroxylation is 1. The lowest BCUT2D eigenvalue weighted by Gasteiger charge is -2.43. The van der Waals surface area contributed by atoms with Crippen LogP contribution in [0.1, 0.15) is 30.9 Å². The Balaban J connectivity index is 1.57. The molecule has 1 aromatic carbocycles. The lowest BCUT2D eigenvalue weighted by Crippen LogP contribution is -2.48. The van der Waals surface area contributed by atoms with Crippen LogP contribution in [0.25, 0.3) is 11.3 Å². The highest BCUT2D eigenvalue weighted by Crippen LogP contribution is 2.43. The van der Waals surface area contributed by atoms with Gasteiger partial charge in [-0.1, -0.05) is 30.3 Å². The number of alkyl halides is 3. The lowest BCUT2D eigenvalue weighted by molar-refractivity contribution is -0.157. The molecule has 0 aliphatic heterocycles. The molecule has 0 saturated heterocycles. The fraction of sp³-hybridized carbons (Fsp3) is 0.320. The molecule has 37 heavy (non-hydrogen) atoms. The first-order chi connectivity index (χ1) is 17.3. The number of methoxy groups -OCH3 is 1. The number of sulfonamides is 1. The number of nitrogens with one attached hydrogen (secondary N) is 2. The van der Waals surface area contributed by atoms with Crippen LogP contribution in [0.2, 0.25) is 0 Å². The Hall–Kier alpha value is -3.67. The summed E-state index contributed by atoms with van der Waals surface area (Å²) < 4.78 is 74.1. The monoisotopic (exact) mass is 534 g/mol. The second-order valence-electron chi connectivity index (χ2n) is 9.17. The van der Waals surface area contributed by atoms with E-state index in [-0.39, 0.29) is 39.9 Å². The predicted octanol–water partition coefficient (Wildman–Crippen LogP) is 5.03. The number of benzene rings is 1. The largest absolute Gasteiger partial charge is 0.469 e. The molecule has 1 saturated carbocycles. The van der Waals surface area contributed by atoms with Crippen LogP contribution in [0, 0.1) is 12.3 Å². The van der Waals surface area contributed by atoms with Gasteiger partial charge in [-0.15, -0.1) is 0 Å². The van der Waals surface area contributed by atoms with Crippen molar-refractivity contribution in [1.82, 2.24) is 9.97 Å². The summed E-state index contributed by atoms with van der Waals surface area (Å²) in [5, 5.41) is 2.76. The molecule has 3 aromatic rings. The number of aromatic nitrogens is 2. The summed E-state index contributed by atoms with van der Waals surface area (Å²) in [5.74, 6) is -0.312. The normalized spacial score (nSPS) is 19.6. The number of halogens is 3. The molecule has 4 rings (SSSR count). The number of anilines is 2.